The van der Waals surface area contributed by atoms with E-state index in [1.54, 1.807) is 19.5 Å². The fourth-order valence-electron chi connectivity index (χ4n) is 2.08. The normalized spacial score (nSPS) is 12.0. The van der Waals surface area contributed by atoms with Crippen LogP contribution >= 0.6 is 0 Å². The second-order valence-electron chi connectivity index (χ2n) is 4.83. The Bertz CT molecular complexity index is 575. The van der Waals surface area contributed by atoms with Gasteiger partial charge in [-0.3, -0.25) is 16.3 Å². The Kier molecular flexibility index (Phi) is 5.54. The molecule has 2 rings (SSSR count). The molecular formula is C16H21N3O2. The highest BCUT2D eigenvalue weighted by atomic mass is 16.5. The summed E-state index contributed by atoms with van der Waals surface area (Å²) in [5.74, 6) is 7.21. The molecule has 1 atom stereocenters. The van der Waals surface area contributed by atoms with Crippen molar-refractivity contribution in [2.45, 2.75) is 19.4 Å². The van der Waals surface area contributed by atoms with Crippen molar-refractivity contribution >= 4 is 0 Å². The monoisotopic (exact) mass is 287 g/mol. The lowest BCUT2D eigenvalue weighted by Crippen LogP contribution is -2.29. The lowest BCUT2D eigenvalue weighted by molar-refractivity contribution is 0.286. The van der Waals surface area contributed by atoms with Crippen LogP contribution < -0.4 is 20.7 Å². The molecule has 5 heteroatoms. The molecule has 0 bridgehead atoms. The third kappa shape index (κ3) is 4.44. The number of benzene rings is 1. The molecule has 0 spiro atoms. The average Bonchev–Trinajstić information content (AvgIpc) is 2.52. The molecular weight excluding hydrogens is 266 g/mol. The van der Waals surface area contributed by atoms with Gasteiger partial charge in [-0.25, -0.2) is 0 Å². The van der Waals surface area contributed by atoms with Gasteiger partial charge in [0, 0.05) is 12.6 Å². The zero-order valence-corrected chi connectivity index (χ0v) is 12.4. The van der Waals surface area contributed by atoms with Crippen LogP contribution in [0.4, 0.5) is 0 Å². The summed E-state index contributed by atoms with van der Waals surface area (Å²) in [5, 5.41) is 0. The summed E-state index contributed by atoms with van der Waals surface area (Å²) in [6, 6.07) is 9.87. The van der Waals surface area contributed by atoms with Gasteiger partial charge in [-0.05, 0) is 36.2 Å². The SMILES string of the molecule is COc1cncc(C(CCOc2cccc(C)c2)NN)c1. The third-order valence-corrected chi connectivity index (χ3v) is 3.24. The molecule has 0 radical (unpaired) electrons. The van der Waals surface area contributed by atoms with Gasteiger partial charge < -0.3 is 9.47 Å². The summed E-state index contributed by atoms with van der Waals surface area (Å²) in [4.78, 5) is 4.14. The smallest absolute Gasteiger partial charge is 0.137 e. The van der Waals surface area contributed by atoms with Gasteiger partial charge in [0.1, 0.15) is 11.5 Å². The number of aromatic nitrogens is 1. The minimum Gasteiger partial charge on any atom is -0.495 e. The predicted molar refractivity (Wildman–Crippen MR) is 82.1 cm³/mol. The maximum Gasteiger partial charge on any atom is 0.137 e. The summed E-state index contributed by atoms with van der Waals surface area (Å²) in [5.41, 5.74) is 4.95. The number of hydrogen-bond acceptors (Lipinski definition) is 5. The second kappa shape index (κ2) is 7.61. The molecule has 0 fully saturated rings. The van der Waals surface area contributed by atoms with Crippen LogP contribution in [0.2, 0.25) is 0 Å². The van der Waals surface area contributed by atoms with Crippen molar-refractivity contribution < 1.29 is 9.47 Å². The fourth-order valence-corrected chi connectivity index (χ4v) is 2.08. The number of hydrazine groups is 1. The maximum atomic E-state index is 5.75. The quantitative estimate of drug-likeness (QED) is 0.604. The highest BCUT2D eigenvalue weighted by molar-refractivity contribution is 5.28. The molecule has 0 aliphatic carbocycles. The van der Waals surface area contributed by atoms with Crippen LogP contribution in [0, 0.1) is 6.92 Å². The largest absolute Gasteiger partial charge is 0.495 e. The van der Waals surface area contributed by atoms with E-state index in [1.165, 1.54) is 5.56 Å². The van der Waals surface area contributed by atoms with Crippen molar-refractivity contribution in [1.29, 1.82) is 0 Å². The molecule has 2 aromatic rings. The Labute approximate surface area is 125 Å². The summed E-state index contributed by atoms with van der Waals surface area (Å²) in [7, 11) is 1.62. The molecule has 5 nitrogen and oxygen atoms in total. The lowest BCUT2D eigenvalue weighted by Gasteiger charge is -2.17. The summed E-state index contributed by atoms with van der Waals surface area (Å²) in [6.45, 7) is 2.61. The van der Waals surface area contributed by atoms with Crippen LogP contribution in [0.3, 0.4) is 0 Å². The van der Waals surface area contributed by atoms with E-state index < -0.39 is 0 Å². The molecule has 1 aromatic carbocycles. The number of pyridine rings is 1. The van der Waals surface area contributed by atoms with Crippen LogP contribution in [-0.2, 0) is 0 Å². The van der Waals surface area contributed by atoms with Crippen molar-refractivity contribution in [2.24, 2.45) is 5.84 Å². The standard InChI is InChI=1S/C16H21N3O2/c1-12-4-3-5-14(8-12)21-7-6-16(19-17)13-9-15(20-2)11-18-10-13/h3-5,8-11,16,19H,6-7,17H2,1-2H3. The fraction of sp³-hybridized carbons (Fsp3) is 0.312. The van der Waals surface area contributed by atoms with E-state index in [-0.39, 0.29) is 6.04 Å². The van der Waals surface area contributed by atoms with Crippen molar-refractivity contribution in [3.63, 3.8) is 0 Å². The van der Waals surface area contributed by atoms with Gasteiger partial charge in [0.25, 0.3) is 0 Å². The first kappa shape index (κ1) is 15.3. The van der Waals surface area contributed by atoms with Gasteiger partial charge in [0.05, 0.1) is 26.0 Å². The highest BCUT2D eigenvalue weighted by Crippen LogP contribution is 2.20. The number of nitrogens with zero attached hydrogens (tertiary/aromatic N) is 1. The van der Waals surface area contributed by atoms with E-state index in [1.807, 2.05) is 37.3 Å². The van der Waals surface area contributed by atoms with Crippen molar-refractivity contribution in [1.82, 2.24) is 10.4 Å². The molecule has 1 aromatic heterocycles. The Balaban J connectivity index is 1.93. The van der Waals surface area contributed by atoms with E-state index in [0.717, 1.165) is 17.7 Å². The maximum absolute atomic E-state index is 5.75. The van der Waals surface area contributed by atoms with Crippen LogP contribution in [0.25, 0.3) is 0 Å². The van der Waals surface area contributed by atoms with Crippen LogP contribution in [0.5, 0.6) is 11.5 Å². The second-order valence-corrected chi connectivity index (χ2v) is 4.83. The Hall–Kier alpha value is -2.11. The van der Waals surface area contributed by atoms with E-state index >= 15 is 0 Å². The minimum absolute atomic E-state index is 0.0302. The van der Waals surface area contributed by atoms with Gasteiger partial charge in [0.2, 0.25) is 0 Å². The Morgan fingerprint density at radius 3 is 2.81 bits per heavy atom. The number of rotatable bonds is 7. The van der Waals surface area contributed by atoms with E-state index in [0.29, 0.717) is 12.4 Å². The van der Waals surface area contributed by atoms with Gasteiger partial charge in [-0.15, -0.1) is 0 Å². The van der Waals surface area contributed by atoms with Crippen LogP contribution in [0.1, 0.15) is 23.6 Å². The zero-order chi connectivity index (χ0) is 15.1. The molecule has 1 heterocycles. The average molecular weight is 287 g/mol. The number of nitrogens with two attached hydrogens (primary N) is 1. The number of aryl methyl sites for hydroxylation is 1. The topological polar surface area (TPSA) is 69.4 Å². The van der Waals surface area contributed by atoms with Crippen LogP contribution in [-0.4, -0.2) is 18.7 Å². The molecule has 0 amide bonds. The van der Waals surface area contributed by atoms with E-state index in [9.17, 15) is 0 Å². The zero-order valence-electron chi connectivity index (χ0n) is 12.4. The van der Waals surface area contributed by atoms with Gasteiger partial charge in [-0.2, -0.15) is 0 Å². The molecule has 21 heavy (non-hydrogen) atoms. The summed E-state index contributed by atoms with van der Waals surface area (Å²) >= 11 is 0. The van der Waals surface area contributed by atoms with E-state index in [2.05, 4.69) is 10.4 Å². The van der Waals surface area contributed by atoms with Crippen molar-refractivity contribution in [3.05, 3.63) is 53.9 Å². The first-order valence-electron chi connectivity index (χ1n) is 6.87. The summed E-state index contributed by atoms with van der Waals surface area (Å²) < 4.78 is 10.9. The number of methoxy groups -OCH3 is 1. The first-order valence-corrected chi connectivity index (χ1v) is 6.87. The Morgan fingerprint density at radius 2 is 2.10 bits per heavy atom. The minimum atomic E-state index is -0.0302. The van der Waals surface area contributed by atoms with Gasteiger partial charge in [-0.1, -0.05) is 12.1 Å². The highest BCUT2D eigenvalue weighted by Gasteiger charge is 2.11. The predicted octanol–water partition coefficient (Wildman–Crippen LogP) is 2.37. The molecule has 0 aliphatic rings. The number of ether oxygens (including phenoxy) is 2. The van der Waals surface area contributed by atoms with Gasteiger partial charge >= 0.3 is 0 Å². The molecule has 0 aliphatic heterocycles. The molecule has 0 saturated heterocycles. The number of nitrogens with one attached hydrogen (secondary N) is 1. The number of hydrogen-bond donors (Lipinski definition) is 2. The molecule has 112 valence electrons. The lowest BCUT2D eigenvalue weighted by atomic mass is 10.1. The van der Waals surface area contributed by atoms with Crippen LogP contribution in [0.15, 0.2) is 42.7 Å². The molecule has 3 N–H and O–H groups in total. The van der Waals surface area contributed by atoms with Crippen molar-refractivity contribution in [2.75, 3.05) is 13.7 Å². The van der Waals surface area contributed by atoms with Crippen molar-refractivity contribution in [3.8, 4) is 11.5 Å². The molecule has 0 saturated carbocycles. The van der Waals surface area contributed by atoms with E-state index in [4.69, 9.17) is 15.3 Å². The Morgan fingerprint density at radius 1 is 1.24 bits per heavy atom. The first-order chi connectivity index (χ1) is 10.2. The third-order valence-electron chi connectivity index (χ3n) is 3.24. The molecule has 1 unspecified atom stereocenters. The summed E-state index contributed by atoms with van der Waals surface area (Å²) in [6.07, 6.45) is 4.18. The van der Waals surface area contributed by atoms with Gasteiger partial charge in [0.15, 0.2) is 0 Å².